The first-order valence-corrected chi connectivity index (χ1v) is 12.7. The van der Waals surface area contributed by atoms with E-state index in [4.69, 9.17) is 0 Å². The Bertz CT molecular complexity index is 1820. The van der Waals surface area contributed by atoms with Crippen molar-refractivity contribution in [3.05, 3.63) is 146 Å². The van der Waals surface area contributed by atoms with Crippen LogP contribution in [0.4, 0.5) is 11.4 Å². The summed E-state index contributed by atoms with van der Waals surface area (Å²) in [5.41, 5.74) is 7.24. The van der Waals surface area contributed by atoms with Crippen LogP contribution in [0.15, 0.2) is 146 Å². The molecule has 0 fully saturated rings. The van der Waals surface area contributed by atoms with Gasteiger partial charge < -0.3 is 5.32 Å². The summed E-state index contributed by atoms with van der Waals surface area (Å²) >= 11 is 0. The largest absolute Gasteiger partial charge is 0.356 e. The van der Waals surface area contributed by atoms with E-state index in [0.717, 1.165) is 11.4 Å². The first-order valence-electron chi connectivity index (χ1n) is 12.7. The van der Waals surface area contributed by atoms with E-state index in [0.29, 0.717) is 0 Å². The van der Waals surface area contributed by atoms with Gasteiger partial charge in [0.15, 0.2) is 0 Å². The van der Waals surface area contributed by atoms with Crippen molar-refractivity contribution in [3.63, 3.8) is 0 Å². The summed E-state index contributed by atoms with van der Waals surface area (Å²) in [5, 5.41) is 11.1. The van der Waals surface area contributed by atoms with Gasteiger partial charge in [-0.2, -0.15) is 0 Å². The highest BCUT2D eigenvalue weighted by molar-refractivity contribution is 6.23. The lowest BCUT2D eigenvalue weighted by molar-refractivity contribution is 1.55. The molecule has 1 N–H and O–H groups in total. The molecule has 0 aliphatic carbocycles. The Morgan fingerprint density at radius 3 is 1.46 bits per heavy atom. The van der Waals surface area contributed by atoms with E-state index < -0.39 is 0 Å². The average Bonchev–Trinajstić information content (AvgIpc) is 2.97. The molecule has 37 heavy (non-hydrogen) atoms. The maximum atomic E-state index is 3.50. The molecule has 0 unspecified atom stereocenters. The molecule has 0 radical (unpaired) electrons. The highest BCUT2D eigenvalue weighted by Gasteiger charge is 2.17. The fourth-order valence-electron chi connectivity index (χ4n) is 5.58. The van der Waals surface area contributed by atoms with Crippen LogP contribution in [0.2, 0.25) is 0 Å². The summed E-state index contributed by atoms with van der Waals surface area (Å²) in [7, 11) is 0. The summed E-state index contributed by atoms with van der Waals surface area (Å²) in [6, 6.07) is 52.1. The van der Waals surface area contributed by atoms with Crippen molar-refractivity contribution in [1.29, 1.82) is 0 Å². The Kier molecular flexibility index (Phi) is 5.19. The van der Waals surface area contributed by atoms with E-state index in [1.165, 1.54) is 54.6 Å². The normalized spacial score (nSPS) is 11.2. The van der Waals surface area contributed by atoms with Crippen molar-refractivity contribution >= 4 is 43.7 Å². The van der Waals surface area contributed by atoms with E-state index in [1.807, 2.05) is 18.2 Å². The third-order valence-electron chi connectivity index (χ3n) is 7.23. The first kappa shape index (κ1) is 21.4. The van der Waals surface area contributed by atoms with Gasteiger partial charge in [0.05, 0.1) is 0 Å². The predicted octanol–water partition coefficient (Wildman–Crippen LogP) is 10.2. The molecule has 0 saturated carbocycles. The van der Waals surface area contributed by atoms with Crippen LogP contribution in [0, 0.1) is 0 Å². The van der Waals surface area contributed by atoms with Gasteiger partial charge in [-0.15, -0.1) is 0 Å². The van der Waals surface area contributed by atoms with Crippen LogP contribution in [0.3, 0.4) is 0 Å². The van der Waals surface area contributed by atoms with E-state index in [1.54, 1.807) is 0 Å². The minimum absolute atomic E-state index is 1.08. The minimum atomic E-state index is 1.08. The molecule has 0 bridgehead atoms. The van der Waals surface area contributed by atoms with Crippen LogP contribution < -0.4 is 5.32 Å². The molecule has 0 atom stereocenters. The third-order valence-corrected chi connectivity index (χ3v) is 7.23. The summed E-state index contributed by atoms with van der Waals surface area (Å²) in [6.45, 7) is 0. The summed E-state index contributed by atoms with van der Waals surface area (Å²) in [5.74, 6) is 0. The monoisotopic (exact) mass is 471 g/mol. The molecule has 0 aliphatic heterocycles. The van der Waals surface area contributed by atoms with Gasteiger partial charge in [0.2, 0.25) is 0 Å². The molecular weight excluding hydrogens is 446 g/mol. The molecule has 7 aromatic carbocycles. The fourth-order valence-corrected chi connectivity index (χ4v) is 5.58. The van der Waals surface area contributed by atoms with Gasteiger partial charge in [-0.25, -0.2) is 0 Å². The van der Waals surface area contributed by atoms with Gasteiger partial charge in [-0.1, -0.05) is 121 Å². The zero-order valence-corrected chi connectivity index (χ0v) is 20.4. The summed E-state index contributed by atoms with van der Waals surface area (Å²) < 4.78 is 0. The van der Waals surface area contributed by atoms with Gasteiger partial charge in [-0.3, -0.25) is 0 Å². The number of hydrogen-bond acceptors (Lipinski definition) is 1. The number of anilines is 2. The minimum Gasteiger partial charge on any atom is -0.356 e. The summed E-state index contributed by atoms with van der Waals surface area (Å²) in [6.07, 6.45) is 0. The standard InChI is InChI=1S/C36H25N/c1-2-13-27(14-3-1)37-28-23-21-26(22-24-28)35-31-16-6-8-18-33(31)36(34-19-9-7-17-32(34)35)30-20-10-12-25-11-4-5-15-29(25)30/h1-24,37H. The quantitative estimate of drug-likeness (QED) is 0.252. The van der Waals surface area contributed by atoms with Crippen LogP contribution >= 0.6 is 0 Å². The van der Waals surface area contributed by atoms with E-state index >= 15 is 0 Å². The van der Waals surface area contributed by atoms with Crippen molar-refractivity contribution in [2.75, 3.05) is 5.32 Å². The smallest absolute Gasteiger partial charge is 0.0384 e. The Morgan fingerprint density at radius 2 is 0.811 bits per heavy atom. The Labute approximate surface area is 216 Å². The molecule has 0 saturated heterocycles. The van der Waals surface area contributed by atoms with Crippen molar-refractivity contribution in [2.45, 2.75) is 0 Å². The second-order valence-electron chi connectivity index (χ2n) is 9.44. The van der Waals surface area contributed by atoms with Crippen LogP contribution in [-0.2, 0) is 0 Å². The van der Waals surface area contributed by atoms with Crippen LogP contribution in [-0.4, -0.2) is 0 Å². The molecule has 0 spiro atoms. The Balaban J connectivity index is 1.47. The number of rotatable bonds is 4. The lowest BCUT2D eigenvalue weighted by atomic mass is 9.85. The van der Waals surface area contributed by atoms with Gasteiger partial charge in [0.25, 0.3) is 0 Å². The lowest BCUT2D eigenvalue weighted by Crippen LogP contribution is -1.92. The first-order chi connectivity index (χ1) is 18.4. The highest BCUT2D eigenvalue weighted by atomic mass is 14.9. The highest BCUT2D eigenvalue weighted by Crippen LogP contribution is 2.45. The average molecular weight is 472 g/mol. The van der Waals surface area contributed by atoms with Crippen molar-refractivity contribution in [2.24, 2.45) is 0 Å². The number of fused-ring (bicyclic) bond motifs is 3. The SMILES string of the molecule is c1ccc(Nc2ccc(-c3c4ccccc4c(-c4cccc5ccccc45)c4ccccc34)cc2)cc1. The lowest BCUT2D eigenvalue weighted by Gasteiger charge is -2.19. The topological polar surface area (TPSA) is 12.0 Å². The molecule has 0 aliphatic rings. The van der Waals surface area contributed by atoms with Crippen LogP contribution in [0.25, 0.3) is 54.6 Å². The maximum Gasteiger partial charge on any atom is 0.0384 e. The predicted molar refractivity (Wildman–Crippen MR) is 160 cm³/mol. The fraction of sp³-hybridized carbons (Fsp3) is 0. The van der Waals surface area contributed by atoms with E-state index in [-0.39, 0.29) is 0 Å². The van der Waals surface area contributed by atoms with Crippen LogP contribution in [0.5, 0.6) is 0 Å². The van der Waals surface area contributed by atoms with Crippen LogP contribution in [0.1, 0.15) is 0 Å². The molecule has 0 aromatic heterocycles. The Hall–Kier alpha value is -4.88. The number of para-hydroxylation sites is 1. The Morgan fingerprint density at radius 1 is 0.324 bits per heavy atom. The molecule has 174 valence electrons. The molecular formula is C36H25N. The summed E-state index contributed by atoms with van der Waals surface area (Å²) in [4.78, 5) is 0. The number of hydrogen-bond donors (Lipinski definition) is 1. The molecule has 1 nitrogen and oxygen atoms in total. The van der Waals surface area contributed by atoms with E-state index in [2.05, 4.69) is 133 Å². The molecule has 7 rings (SSSR count). The molecule has 0 amide bonds. The van der Waals surface area contributed by atoms with Crippen molar-refractivity contribution in [3.8, 4) is 22.3 Å². The van der Waals surface area contributed by atoms with Crippen molar-refractivity contribution in [1.82, 2.24) is 0 Å². The van der Waals surface area contributed by atoms with Gasteiger partial charge in [-0.05, 0) is 78.8 Å². The second kappa shape index (κ2) is 8.96. The van der Waals surface area contributed by atoms with Gasteiger partial charge in [0, 0.05) is 11.4 Å². The van der Waals surface area contributed by atoms with Crippen molar-refractivity contribution < 1.29 is 0 Å². The third kappa shape index (κ3) is 3.73. The zero-order chi connectivity index (χ0) is 24.6. The van der Waals surface area contributed by atoms with Gasteiger partial charge in [0.1, 0.15) is 0 Å². The molecule has 1 heteroatoms. The second-order valence-corrected chi connectivity index (χ2v) is 9.44. The maximum absolute atomic E-state index is 3.50. The van der Waals surface area contributed by atoms with Gasteiger partial charge >= 0.3 is 0 Å². The number of nitrogens with one attached hydrogen (secondary N) is 1. The molecule has 7 aromatic rings. The number of benzene rings is 7. The van der Waals surface area contributed by atoms with E-state index in [9.17, 15) is 0 Å². The molecule has 0 heterocycles. The zero-order valence-electron chi connectivity index (χ0n) is 20.4.